The third-order valence-electron chi connectivity index (χ3n) is 3.58. The summed E-state index contributed by atoms with van der Waals surface area (Å²) in [6.45, 7) is -0.420. The van der Waals surface area contributed by atoms with E-state index in [-0.39, 0.29) is 28.3 Å². The molecule has 0 radical (unpaired) electrons. The van der Waals surface area contributed by atoms with Gasteiger partial charge < -0.3 is 4.74 Å². The van der Waals surface area contributed by atoms with Gasteiger partial charge in [0, 0.05) is 17.2 Å². The SMILES string of the molecule is N#Cc1[nH]nnc1-c1cc(F)cc(OCc2ccc(C(F)(F)F)cc2F)c1. The molecular weight excluding hydrogens is 371 g/mol. The average Bonchev–Trinajstić information content (AvgIpc) is 3.08. The molecule has 0 bridgehead atoms. The summed E-state index contributed by atoms with van der Waals surface area (Å²) in [6.07, 6.45) is -4.66. The van der Waals surface area contributed by atoms with E-state index in [1.807, 2.05) is 6.07 Å². The van der Waals surface area contributed by atoms with Gasteiger partial charge >= 0.3 is 6.18 Å². The summed E-state index contributed by atoms with van der Waals surface area (Å²) in [5.74, 6) is -1.82. The van der Waals surface area contributed by atoms with Crippen molar-refractivity contribution in [2.45, 2.75) is 12.8 Å². The molecule has 0 aliphatic rings. The maximum Gasteiger partial charge on any atom is 0.416 e. The fourth-order valence-corrected chi connectivity index (χ4v) is 2.29. The van der Waals surface area contributed by atoms with E-state index >= 15 is 0 Å². The molecule has 0 amide bonds. The Morgan fingerprint density at radius 1 is 1.11 bits per heavy atom. The molecule has 0 atom stereocenters. The Morgan fingerprint density at radius 2 is 1.89 bits per heavy atom. The first-order chi connectivity index (χ1) is 12.8. The molecule has 3 rings (SSSR count). The van der Waals surface area contributed by atoms with Gasteiger partial charge in [0.1, 0.15) is 35.8 Å². The highest BCUT2D eigenvalue weighted by Gasteiger charge is 2.31. The van der Waals surface area contributed by atoms with Crippen molar-refractivity contribution in [1.29, 1.82) is 5.26 Å². The molecule has 0 spiro atoms. The normalized spacial score (nSPS) is 11.3. The third-order valence-corrected chi connectivity index (χ3v) is 3.58. The highest BCUT2D eigenvalue weighted by atomic mass is 19.4. The molecule has 27 heavy (non-hydrogen) atoms. The molecule has 3 aromatic rings. The second kappa shape index (κ2) is 7.03. The number of rotatable bonds is 4. The summed E-state index contributed by atoms with van der Waals surface area (Å²) in [4.78, 5) is 0. The van der Waals surface area contributed by atoms with E-state index in [0.29, 0.717) is 6.07 Å². The van der Waals surface area contributed by atoms with Crippen LogP contribution in [0.5, 0.6) is 5.75 Å². The minimum atomic E-state index is -4.66. The van der Waals surface area contributed by atoms with Crippen LogP contribution >= 0.6 is 0 Å². The summed E-state index contributed by atoms with van der Waals surface area (Å²) < 4.78 is 70.6. The molecule has 2 aromatic carbocycles. The van der Waals surface area contributed by atoms with Crippen molar-refractivity contribution >= 4 is 0 Å². The van der Waals surface area contributed by atoms with Gasteiger partial charge in [0.2, 0.25) is 0 Å². The van der Waals surface area contributed by atoms with Crippen LogP contribution in [0.2, 0.25) is 0 Å². The summed E-state index contributed by atoms with van der Waals surface area (Å²) in [6, 6.07) is 7.32. The van der Waals surface area contributed by atoms with Crippen LogP contribution in [-0.2, 0) is 12.8 Å². The smallest absolute Gasteiger partial charge is 0.416 e. The predicted octanol–water partition coefficient (Wildman–Crippen LogP) is 4.22. The number of halogens is 5. The molecule has 138 valence electrons. The molecule has 1 heterocycles. The quantitative estimate of drug-likeness (QED) is 0.688. The summed E-state index contributed by atoms with van der Waals surface area (Å²) in [5, 5.41) is 18.5. The van der Waals surface area contributed by atoms with Crippen molar-refractivity contribution in [1.82, 2.24) is 15.4 Å². The molecule has 0 aliphatic carbocycles. The van der Waals surface area contributed by atoms with Gasteiger partial charge in [-0.05, 0) is 24.3 Å². The zero-order valence-corrected chi connectivity index (χ0v) is 13.3. The fraction of sp³-hybridized carbons (Fsp3) is 0.118. The summed E-state index contributed by atoms with van der Waals surface area (Å²) >= 11 is 0. The van der Waals surface area contributed by atoms with Crippen LogP contribution in [-0.4, -0.2) is 15.4 Å². The molecular formula is C17H9F5N4O. The van der Waals surface area contributed by atoms with Crippen LogP contribution in [0.25, 0.3) is 11.3 Å². The Labute approximate surface area is 149 Å². The topological polar surface area (TPSA) is 74.6 Å². The molecule has 10 heteroatoms. The van der Waals surface area contributed by atoms with E-state index in [0.717, 1.165) is 24.3 Å². The third kappa shape index (κ3) is 4.03. The first kappa shape index (κ1) is 18.3. The van der Waals surface area contributed by atoms with Gasteiger partial charge in [0.25, 0.3) is 0 Å². The van der Waals surface area contributed by atoms with E-state index in [4.69, 9.17) is 10.00 Å². The number of benzene rings is 2. The van der Waals surface area contributed by atoms with Crippen molar-refractivity contribution < 1.29 is 26.7 Å². The summed E-state index contributed by atoms with van der Waals surface area (Å²) in [5.41, 5.74) is -0.939. The van der Waals surface area contributed by atoms with Crippen molar-refractivity contribution in [3.63, 3.8) is 0 Å². The van der Waals surface area contributed by atoms with E-state index < -0.39 is 30.0 Å². The number of aromatic nitrogens is 3. The highest BCUT2D eigenvalue weighted by Crippen LogP contribution is 2.31. The van der Waals surface area contributed by atoms with Gasteiger partial charge in [-0.25, -0.2) is 13.9 Å². The van der Waals surface area contributed by atoms with E-state index in [9.17, 15) is 22.0 Å². The molecule has 0 saturated heterocycles. The minimum absolute atomic E-state index is 0.0142. The Morgan fingerprint density at radius 3 is 2.56 bits per heavy atom. The van der Waals surface area contributed by atoms with Crippen molar-refractivity contribution in [3.05, 3.63) is 64.9 Å². The highest BCUT2D eigenvalue weighted by molar-refractivity contribution is 5.65. The van der Waals surface area contributed by atoms with E-state index in [1.54, 1.807) is 0 Å². The molecule has 0 saturated carbocycles. The first-order valence-corrected chi connectivity index (χ1v) is 7.38. The number of ether oxygens (including phenoxy) is 1. The van der Waals surface area contributed by atoms with Crippen LogP contribution in [0.3, 0.4) is 0 Å². The number of aromatic amines is 1. The Hall–Kier alpha value is -3.48. The lowest BCUT2D eigenvalue weighted by molar-refractivity contribution is -0.137. The monoisotopic (exact) mass is 380 g/mol. The van der Waals surface area contributed by atoms with Crippen LogP contribution in [0.4, 0.5) is 22.0 Å². The lowest BCUT2D eigenvalue weighted by atomic mass is 10.1. The van der Waals surface area contributed by atoms with Crippen molar-refractivity contribution in [3.8, 4) is 23.1 Å². The Kier molecular flexibility index (Phi) is 4.77. The maximum atomic E-state index is 13.9. The number of H-pyrrole nitrogens is 1. The molecule has 0 fully saturated rings. The standard InChI is InChI=1S/C17H9F5N4O/c18-12-3-10(16-15(7-23)24-26-25-16)4-13(6-12)27-8-9-1-2-11(5-14(9)19)17(20,21)22/h1-6H,8H2,(H,24,25,26). The van der Waals surface area contributed by atoms with Crippen LogP contribution in [0.15, 0.2) is 36.4 Å². The van der Waals surface area contributed by atoms with Gasteiger partial charge in [0.15, 0.2) is 5.69 Å². The molecule has 0 unspecified atom stereocenters. The zero-order valence-electron chi connectivity index (χ0n) is 13.3. The van der Waals surface area contributed by atoms with Gasteiger partial charge in [-0.15, -0.1) is 5.10 Å². The first-order valence-electron chi connectivity index (χ1n) is 7.38. The molecule has 5 nitrogen and oxygen atoms in total. The Balaban J connectivity index is 1.82. The molecule has 0 aliphatic heterocycles. The van der Waals surface area contributed by atoms with E-state index in [2.05, 4.69) is 15.4 Å². The number of hydrogen-bond acceptors (Lipinski definition) is 4. The van der Waals surface area contributed by atoms with Crippen molar-refractivity contribution in [2.24, 2.45) is 0 Å². The van der Waals surface area contributed by atoms with Gasteiger partial charge in [-0.1, -0.05) is 11.3 Å². The predicted molar refractivity (Wildman–Crippen MR) is 82.2 cm³/mol. The number of nitrogens with one attached hydrogen (secondary N) is 1. The number of nitrogens with zero attached hydrogens (tertiary/aromatic N) is 3. The van der Waals surface area contributed by atoms with E-state index in [1.165, 1.54) is 6.07 Å². The Bertz CT molecular complexity index is 1020. The second-order valence-electron chi connectivity index (χ2n) is 5.42. The molecule has 1 N–H and O–H groups in total. The largest absolute Gasteiger partial charge is 0.489 e. The van der Waals surface area contributed by atoms with Crippen molar-refractivity contribution in [2.75, 3.05) is 0 Å². The molecule has 1 aromatic heterocycles. The van der Waals surface area contributed by atoms with Crippen LogP contribution in [0, 0.1) is 23.0 Å². The van der Waals surface area contributed by atoms with Gasteiger partial charge in [-0.3, -0.25) is 0 Å². The van der Waals surface area contributed by atoms with Gasteiger partial charge in [-0.2, -0.15) is 18.4 Å². The lowest BCUT2D eigenvalue weighted by Crippen LogP contribution is -2.07. The van der Waals surface area contributed by atoms with Gasteiger partial charge in [0.05, 0.1) is 5.56 Å². The zero-order chi connectivity index (χ0) is 19.6. The van der Waals surface area contributed by atoms with Crippen LogP contribution < -0.4 is 4.74 Å². The van der Waals surface area contributed by atoms with Crippen LogP contribution in [0.1, 0.15) is 16.8 Å². The average molecular weight is 380 g/mol. The second-order valence-corrected chi connectivity index (χ2v) is 5.42. The minimum Gasteiger partial charge on any atom is -0.489 e. The summed E-state index contributed by atoms with van der Waals surface area (Å²) in [7, 11) is 0. The number of hydrogen-bond donors (Lipinski definition) is 1. The maximum absolute atomic E-state index is 13.9. The number of alkyl halides is 3. The number of nitriles is 1. The lowest BCUT2D eigenvalue weighted by Gasteiger charge is -2.11. The fourth-order valence-electron chi connectivity index (χ4n) is 2.29.